The quantitative estimate of drug-likeness (QED) is 0.153. The normalized spacial score (nSPS) is 11.2. The number of nitrogens with zero attached hydrogens (tertiary/aromatic N) is 7. The van der Waals surface area contributed by atoms with Gasteiger partial charge in [-0.25, -0.2) is 9.59 Å². The van der Waals surface area contributed by atoms with E-state index in [2.05, 4.69) is 30.7 Å². The molecule has 3 aromatic carbocycles. The van der Waals surface area contributed by atoms with Gasteiger partial charge in [-0.05, 0) is 59.7 Å². The van der Waals surface area contributed by atoms with Gasteiger partial charge in [-0.15, -0.1) is 0 Å². The van der Waals surface area contributed by atoms with E-state index in [0.717, 1.165) is 31.8 Å². The molecule has 0 spiro atoms. The lowest BCUT2D eigenvalue weighted by molar-refractivity contribution is 0.414. The van der Waals surface area contributed by atoms with Crippen LogP contribution in [-0.4, -0.2) is 59.1 Å². The topological polar surface area (TPSA) is 188 Å². The standard InChI is InChI=1S/C22H18Cl2N6O3.C13H14N4O3/c1-28-21(31)16-18(13-8-9-14-15(17(13)23)19(24)29(2)26-14)30(27-20(16)25-22(28)32)10-11-4-6-12(33-3)7-5-11;1-17-12(18)7-11(15-13(17)19)16-14-8-9-3-5-10(20-2)6-4-9/h4-9H,10H2,1-3H3,(H,25,27,32);3-8,16H,1-2H3,(H,15,19)/b;14-8+. The van der Waals surface area contributed by atoms with Gasteiger partial charge in [0.1, 0.15) is 27.9 Å². The number of hydrogen-bond acceptors (Lipinski definition) is 10. The van der Waals surface area contributed by atoms with E-state index < -0.39 is 22.5 Å². The van der Waals surface area contributed by atoms with Crippen molar-refractivity contribution >= 4 is 57.2 Å². The van der Waals surface area contributed by atoms with Gasteiger partial charge < -0.3 is 9.47 Å². The fraction of sp³-hybridized carbons (Fsp3) is 0.171. The van der Waals surface area contributed by atoms with E-state index in [-0.39, 0.29) is 16.9 Å². The van der Waals surface area contributed by atoms with Crippen LogP contribution in [0.1, 0.15) is 11.1 Å². The Morgan fingerprint density at radius 1 is 0.811 bits per heavy atom. The number of hydrogen-bond donors (Lipinski definition) is 3. The average molecular weight is 760 g/mol. The minimum atomic E-state index is -0.551. The van der Waals surface area contributed by atoms with Crippen LogP contribution < -0.4 is 37.4 Å². The Hall–Kier alpha value is -6.39. The molecule has 0 saturated carbocycles. The fourth-order valence-corrected chi connectivity index (χ4v) is 5.98. The zero-order valence-electron chi connectivity index (χ0n) is 29.0. The lowest BCUT2D eigenvalue weighted by atomic mass is 10.1. The number of aromatic amines is 2. The summed E-state index contributed by atoms with van der Waals surface area (Å²) in [5.74, 6) is 1.72. The molecule has 3 N–H and O–H groups in total. The Bertz CT molecular complexity index is 2710. The van der Waals surface area contributed by atoms with Crippen LogP contribution in [0.25, 0.3) is 33.2 Å². The van der Waals surface area contributed by atoms with Crippen molar-refractivity contribution in [3.05, 3.63) is 130 Å². The number of halogens is 2. The van der Waals surface area contributed by atoms with Gasteiger partial charge in [0.15, 0.2) is 5.65 Å². The molecule has 0 atom stereocenters. The maximum atomic E-state index is 13.1. The highest BCUT2D eigenvalue weighted by molar-refractivity contribution is 6.43. The van der Waals surface area contributed by atoms with E-state index in [1.54, 1.807) is 44.3 Å². The van der Waals surface area contributed by atoms with Crippen molar-refractivity contribution in [1.82, 2.24) is 38.7 Å². The molecular formula is C35H32Cl2N10O6. The van der Waals surface area contributed by atoms with Crippen LogP contribution in [0.15, 0.2) is 91.0 Å². The van der Waals surface area contributed by atoms with E-state index in [4.69, 9.17) is 32.7 Å². The first-order chi connectivity index (χ1) is 25.4. The van der Waals surface area contributed by atoms with Crippen molar-refractivity contribution < 1.29 is 9.47 Å². The number of aromatic nitrogens is 8. The molecule has 0 amide bonds. The maximum Gasteiger partial charge on any atom is 0.329 e. The second-order valence-electron chi connectivity index (χ2n) is 11.6. The number of fused-ring (bicyclic) bond motifs is 2. The van der Waals surface area contributed by atoms with Crippen LogP contribution in [0.3, 0.4) is 0 Å². The minimum absolute atomic E-state index is 0.181. The number of methoxy groups -OCH3 is 2. The van der Waals surface area contributed by atoms with Crippen LogP contribution in [0.4, 0.5) is 5.82 Å². The van der Waals surface area contributed by atoms with Gasteiger partial charge in [-0.3, -0.25) is 43.5 Å². The summed E-state index contributed by atoms with van der Waals surface area (Å²) in [5, 5.41) is 14.4. The lowest BCUT2D eigenvalue weighted by Crippen LogP contribution is -2.32. The van der Waals surface area contributed by atoms with Gasteiger partial charge in [0.2, 0.25) is 0 Å². The highest BCUT2D eigenvalue weighted by atomic mass is 35.5. The number of benzene rings is 3. The Kier molecular flexibility index (Phi) is 10.4. The SMILES string of the molecule is COc1ccc(/C=N/Nc2cc(=O)n(C)c(=O)[nH]2)cc1.COc1ccc(Cn2nc3[nH]c(=O)n(C)c(=O)c3c2-c2ccc3nn(C)c(Cl)c3c2Cl)cc1. The van der Waals surface area contributed by atoms with Crippen molar-refractivity contribution in [3.8, 4) is 22.8 Å². The Balaban J connectivity index is 0.000000206. The molecule has 7 rings (SSSR count). The van der Waals surface area contributed by atoms with Crippen molar-refractivity contribution in [3.63, 3.8) is 0 Å². The first-order valence-corrected chi connectivity index (χ1v) is 16.5. The first-order valence-electron chi connectivity index (χ1n) is 15.8. The van der Waals surface area contributed by atoms with E-state index in [0.29, 0.717) is 38.9 Å². The molecule has 4 aromatic heterocycles. The molecule has 0 radical (unpaired) electrons. The summed E-state index contributed by atoms with van der Waals surface area (Å²) < 4.78 is 15.4. The van der Waals surface area contributed by atoms with E-state index in [9.17, 15) is 19.2 Å². The van der Waals surface area contributed by atoms with Gasteiger partial charge in [0.25, 0.3) is 11.1 Å². The highest BCUT2D eigenvalue weighted by Crippen LogP contribution is 2.39. The number of H-pyrrole nitrogens is 2. The summed E-state index contributed by atoms with van der Waals surface area (Å²) in [6.07, 6.45) is 1.56. The molecule has 0 bridgehead atoms. The number of aryl methyl sites for hydroxylation is 1. The lowest BCUT2D eigenvalue weighted by Gasteiger charge is -2.11. The summed E-state index contributed by atoms with van der Waals surface area (Å²) in [6, 6.07) is 19.6. The van der Waals surface area contributed by atoms with Crippen LogP contribution in [0.2, 0.25) is 10.2 Å². The Labute approximate surface area is 309 Å². The number of hydrazone groups is 1. The monoisotopic (exact) mass is 758 g/mol. The first kappa shape index (κ1) is 36.4. The number of anilines is 1. The smallest absolute Gasteiger partial charge is 0.329 e. The summed E-state index contributed by atoms with van der Waals surface area (Å²) in [7, 11) is 7.72. The second-order valence-corrected chi connectivity index (χ2v) is 12.4. The molecule has 0 saturated heterocycles. The number of nitrogens with one attached hydrogen (secondary N) is 3. The second kappa shape index (κ2) is 15.1. The summed E-state index contributed by atoms with van der Waals surface area (Å²) >= 11 is 13.3. The summed E-state index contributed by atoms with van der Waals surface area (Å²) in [4.78, 5) is 53.3. The van der Waals surface area contributed by atoms with Crippen molar-refractivity contribution in [1.29, 1.82) is 0 Å². The third-order valence-corrected chi connectivity index (χ3v) is 9.10. The van der Waals surface area contributed by atoms with Gasteiger partial charge in [-0.2, -0.15) is 15.3 Å². The predicted molar refractivity (Wildman–Crippen MR) is 204 cm³/mol. The Morgan fingerprint density at radius 3 is 2.09 bits per heavy atom. The average Bonchev–Trinajstić information content (AvgIpc) is 3.65. The molecule has 0 aliphatic heterocycles. The van der Waals surface area contributed by atoms with Crippen LogP contribution in [-0.2, 0) is 27.7 Å². The van der Waals surface area contributed by atoms with E-state index in [1.165, 1.54) is 24.8 Å². The highest BCUT2D eigenvalue weighted by Gasteiger charge is 2.24. The van der Waals surface area contributed by atoms with Crippen LogP contribution in [0.5, 0.6) is 11.5 Å². The molecule has 0 unspecified atom stereocenters. The minimum Gasteiger partial charge on any atom is -0.497 e. The molecule has 18 heteroatoms. The predicted octanol–water partition coefficient (Wildman–Crippen LogP) is 3.87. The van der Waals surface area contributed by atoms with Gasteiger partial charge in [0, 0.05) is 32.8 Å². The zero-order valence-corrected chi connectivity index (χ0v) is 30.5. The van der Waals surface area contributed by atoms with Crippen LogP contribution >= 0.6 is 23.2 Å². The van der Waals surface area contributed by atoms with E-state index in [1.807, 2.05) is 48.5 Å². The molecule has 53 heavy (non-hydrogen) atoms. The molecule has 0 aliphatic carbocycles. The molecule has 272 valence electrons. The number of ether oxygens (including phenoxy) is 2. The number of rotatable bonds is 8. The maximum absolute atomic E-state index is 13.1. The molecule has 0 fully saturated rings. The van der Waals surface area contributed by atoms with Crippen LogP contribution in [0, 0.1) is 0 Å². The zero-order chi connectivity index (χ0) is 38.0. The summed E-state index contributed by atoms with van der Waals surface area (Å²) in [6.45, 7) is 0.328. The fourth-order valence-electron chi connectivity index (χ4n) is 5.37. The van der Waals surface area contributed by atoms with Gasteiger partial charge in [-0.1, -0.05) is 35.3 Å². The van der Waals surface area contributed by atoms with Crippen molar-refractivity contribution in [2.24, 2.45) is 26.2 Å². The van der Waals surface area contributed by atoms with E-state index >= 15 is 0 Å². The molecule has 16 nitrogen and oxygen atoms in total. The van der Waals surface area contributed by atoms with Gasteiger partial charge in [0.05, 0.1) is 48.6 Å². The molecular weight excluding hydrogens is 727 g/mol. The molecule has 4 heterocycles. The van der Waals surface area contributed by atoms with Crippen molar-refractivity contribution in [2.45, 2.75) is 6.54 Å². The van der Waals surface area contributed by atoms with Gasteiger partial charge >= 0.3 is 11.4 Å². The molecule has 7 aromatic rings. The largest absolute Gasteiger partial charge is 0.497 e. The third-order valence-electron chi connectivity index (χ3n) is 8.27. The Morgan fingerprint density at radius 2 is 1.45 bits per heavy atom. The van der Waals surface area contributed by atoms with Crippen molar-refractivity contribution in [2.75, 3.05) is 19.6 Å². The molecule has 0 aliphatic rings. The summed E-state index contributed by atoms with van der Waals surface area (Å²) in [5.41, 5.74) is 4.28. The third kappa shape index (κ3) is 7.35.